The van der Waals surface area contributed by atoms with Gasteiger partial charge in [-0.15, -0.1) is 0 Å². The minimum Gasteiger partial charge on any atom is -0.378 e. The Morgan fingerprint density at radius 2 is 2.37 bits per heavy atom. The molecule has 1 heterocycles. The van der Waals surface area contributed by atoms with Crippen molar-refractivity contribution in [2.45, 2.75) is 19.5 Å². The molecule has 0 saturated heterocycles. The van der Waals surface area contributed by atoms with Crippen LogP contribution in [0.15, 0.2) is 36.9 Å². The molecule has 1 aromatic carbocycles. The number of aromatic nitrogens is 2. The van der Waals surface area contributed by atoms with Gasteiger partial charge in [0.25, 0.3) is 5.69 Å². The Labute approximate surface area is 109 Å². The predicted molar refractivity (Wildman–Crippen MR) is 68.4 cm³/mol. The molecule has 0 aliphatic rings. The zero-order valence-corrected chi connectivity index (χ0v) is 10.3. The van der Waals surface area contributed by atoms with E-state index in [1.807, 2.05) is 17.7 Å². The number of anilines is 1. The maximum absolute atomic E-state index is 13.7. The summed E-state index contributed by atoms with van der Waals surface area (Å²) >= 11 is 0. The van der Waals surface area contributed by atoms with E-state index >= 15 is 0 Å². The van der Waals surface area contributed by atoms with Gasteiger partial charge in [-0.3, -0.25) is 10.1 Å². The Balaban J connectivity index is 2.04. The van der Waals surface area contributed by atoms with Crippen molar-refractivity contribution in [3.8, 4) is 0 Å². The monoisotopic (exact) mass is 264 g/mol. The molecule has 1 N–H and O–H groups in total. The minimum absolute atomic E-state index is 0.0369. The van der Waals surface area contributed by atoms with Gasteiger partial charge in [0.05, 0.1) is 23.0 Å². The van der Waals surface area contributed by atoms with Gasteiger partial charge in [0.2, 0.25) is 0 Å². The molecule has 1 unspecified atom stereocenters. The van der Waals surface area contributed by atoms with Crippen molar-refractivity contribution in [1.82, 2.24) is 9.55 Å². The van der Waals surface area contributed by atoms with E-state index in [9.17, 15) is 14.5 Å². The van der Waals surface area contributed by atoms with E-state index in [4.69, 9.17) is 0 Å². The summed E-state index contributed by atoms with van der Waals surface area (Å²) in [5.41, 5.74) is -0.0106. The van der Waals surface area contributed by atoms with Gasteiger partial charge in [0, 0.05) is 31.0 Å². The molecule has 1 aromatic heterocycles. The summed E-state index contributed by atoms with van der Waals surface area (Å²) in [6, 6.07) is 3.52. The second kappa shape index (κ2) is 5.47. The number of hydrogen-bond donors (Lipinski definition) is 1. The third kappa shape index (κ3) is 3.27. The molecule has 0 saturated carbocycles. The lowest BCUT2D eigenvalue weighted by Gasteiger charge is -2.16. The SMILES string of the molecule is CC(Cn1ccnc1)Nc1ccc([N+](=O)[O-])cc1F. The molecule has 100 valence electrons. The van der Waals surface area contributed by atoms with Crippen molar-refractivity contribution < 1.29 is 9.31 Å². The second-order valence-electron chi connectivity index (χ2n) is 4.23. The maximum atomic E-state index is 13.7. The zero-order valence-electron chi connectivity index (χ0n) is 10.3. The zero-order chi connectivity index (χ0) is 13.8. The van der Waals surface area contributed by atoms with E-state index in [1.54, 1.807) is 12.5 Å². The minimum atomic E-state index is -0.633. The van der Waals surface area contributed by atoms with Crippen LogP contribution >= 0.6 is 0 Å². The summed E-state index contributed by atoms with van der Waals surface area (Å²) in [5.74, 6) is -0.633. The van der Waals surface area contributed by atoms with E-state index in [0.717, 1.165) is 6.07 Å². The van der Waals surface area contributed by atoms with Crippen LogP contribution in [-0.2, 0) is 6.54 Å². The highest BCUT2D eigenvalue weighted by molar-refractivity contribution is 5.50. The van der Waals surface area contributed by atoms with Gasteiger partial charge in [0.15, 0.2) is 5.82 Å². The highest BCUT2D eigenvalue weighted by Gasteiger charge is 2.12. The largest absolute Gasteiger partial charge is 0.378 e. The number of imidazole rings is 1. The van der Waals surface area contributed by atoms with Gasteiger partial charge in [-0.2, -0.15) is 0 Å². The number of nitro benzene ring substituents is 1. The Bertz CT molecular complexity index is 571. The predicted octanol–water partition coefficient (Wildman–Crippen LogP) is 2.43. The first kappa shape index (κ1) is 13.0. The van der Waals surface area contributed by atoms with E-state index in [-0.39, 0.29) is 17.4 Å². The van der Waals surface area contributed by atoms with Crippen molar-refractivity contribution in [1.29, 1.82) is 0 Å². The van der Waals surface area contributed by atoms with E-state index < -0.39 is 10.7 Å². The van der Waals surface area contributed by atoms with Gasteiger partial charge in [-0.05, 0) is 13.0 Å². The number of hydrogen-bond acceptors (Lipinski definition) is 4. The summed E-state index contributed by atoms with van der Waals surface area (Å²) in [7, 11) is 0. The molecule has 0 radical (unpaired) electrons. The van der Waals surface area contributed by atoms with Crippen LogP contribution in [0.1, 0.15) is 6.92 Å². The Hall–Kier alpha value is -2.44. The van der Waals surface area contributed by atoms with Crippen LogP contribution in [0.2, 0.25) is 0 Å². The average molecular weight is 264 g/mol. The molecule has 0 aliphatic heterocycles. The molecule has 7 heteroatoms. The fourth-order valence-corrected chi connectivity index (χ4v) is 1.76. The molecule has 2 aromatic rings. The average Bonchev–Trinajstić information content (AvgIpc) is 2.84. The number of non-ortho nitro benzene ring substituents is 1. The number of benzene rings is 1. The first-order chi connectivity index (χ1) is 9.06. The molecule has 0 bridgehead atoms. The van der Waals surface area contributed by atoms with E-state index in [0.29, 0.717) is 6.54 Å². The quantitative estimate of drug-likeness (QED) is 0.665. The molecule has 19 heavy (non-hydrogen) atoms. The smallest absolute Gasteiger partial charge is 0.272 e. The van der Waals surface area contributed by atoms with Crippen LogP contribution in [-0.4, -0.2) is 20.5 Å². The molecule has 0 spiro atoms. The summed E-state index contributed by atoms with van der Waals surface area (Å²) in [6.45, 7) is 2.51. The molecule has 0 amide bonds. The number of nitrogens with one attached hydrogen (secondary N) is 1. The molecule has 0 fully saturated rings. The maximum Gasteiger partial charge on any atom is 0.272 e. The topological polar surface area (TPSA) is 73.0 Å². The van der Waals surface area contributed by atoms with Gasteiger partial charge in [0.1, 0.15) is 0 Å². The molecular formula is C12H13FN4O2. The van der Waals surface area contributed by atoms with Gasteiger partial charge in [-0.1, -0.05) is 0 Å². The summed E-state index contributed by atoms with van der Waals surface area (Å²) < 4.78 is 15.5. The van der Waals surface area contributed by atoms with Crippen molar-refractivity contribution in [3.05, 3.63) is 52.9 Å². The third-order valence-electron chi connectivity index (χ3n) is 2.61. The Kier molecular flexibility index (Phi) is 3.74. The van der Waals surface area contributed by atoms with Crippen molar-refractivity contribution in [2.75, 3.05) is 5.32 Å². The third-order valence-corrected chi connectivity index (χ3v) is 2.61. The van der Waals surface area contributed by atoms with Crippen LogP contribution in [0.5, 0.6) is 0 Å². The van der Waals surface area contributed by atoms with Crippen molar-refractivity contribution in [2.24, 2.45) is 0 Å². The first-order valence-corrected chi connectivity index (χ1v) is 5.72. The number of rotatable bonds is 5. The Morgan fingerprint density at radius 3 is 2.95 bits per heavy atom. The lowest BCUT2D eigenvalue weighted by molar-refractivity contribution is -0.385. The highest BCUT2D eigenvalue weighted by Crippen LogP contribution is 2.21. The Morgan fingerprint density at radius 1 is 1.58 bits per heavy atom. The van der Waals surface area contributed by atoms with Crippen molar-refractivity contribution in [3.63, 3.8) is 0 Å². The van der Waals surface area contributed by atoms with Crippen LogP contribution < -0.4 is 5.32 Å². The fourth-order valence-electron chi connectivity index (χ4n) is 1.76. The molecular weight excluding hydrogens is 251 g/mol. The van der Waals surface area contributed by atoms with Gasteiger partial charge >= 0.3 is 0 Å². The molecule has 6 nitrogen and oxygen atoms in total. The molecule has 2 rings (SSSR count). The lowest BCUT2D eigenvalue weighted by atomic mass is 10.2. The second-order valence-corrected chi connectivity index (χ2v) is 4.23. The van der Waals surface area contributed by atoms with Crippen LogP contribution in [0.25, 0.3) is 0 Å². The summed E-state index contributed by atoms with van der Waals surface area (Å²) in [5, 5.41) is 13.5. The standard InChI is InChI=1S/C12H13FN4O2/c1-9(7-16-5-4-14-8-16)15-12-3-2-10(17(18)19)6-11(12)13/h2-6,8-9,15H,7H2,1H3. The van der Waals surface area contributed by atoms with E-state index in [1.165, 1.54) is 12.1 Å². The van der Waals surface area contributed by atoms with Crippen molar-refractivity contribution >= 4 is 11.4 Å². The van der Waals surface area contributed by atoms with Gasteiger partial charge < -0.3 is 9.88 Å². The number of nitrogens with zero attached hydrogens (tertiary/aromatic N) is 3. The van der Waals surface area contributed by atoms with E-state index in [2.05, 4.69) is 10.3 Å². The molecule has 1 atom stereocenters. The first-order valence-electron chi connectivity index (χ1n) is 5.72. The van der Waals surface area contributed by atoms with Crippen LogP contribution in [0, 0.1) is 15.9 Å². The number of halogens is 1. The summed E-state index contributed by atoms with van der Waals surface area (Å²) in [4.78, 5) is 13.8. The fraction of sp³-hybridized carbons (Fsp3) is 0.250. The summed E-state index contributed by atoms with van der Waals surface area (Å²) in [6.07, 6.45) is 5.15. The molecule has 0 aliphatic carbocycles. The van der Waals surface area contributed by atoms with Crippen LogP contribution in [0.3, 0.4) is 0 Å². The van der Waals surface area contributed by atoms with Gasteiger partial charge in [-0.25, -0.2) is 9.37 Å². The normalized spacial score (nSPS) is 12.1. The lowest BCUT2D eigenvalue weighted by Crippen LogP contribution is -2.21. The van der Waals surface area contributed by atoms with Crippen LogP contribution in [0.4, 0.5) is 15.8 Å². The highest BCUT2D eigenvalue weighted by atomic mass is 19.1. The number of nitro groups is 1.